The van der Waals surface area contributed by atoms with Crippen LogP contribution in [0, 0.1) is 0 Å². The quantitative estimate of drug-likeness (QED) is 0.519. The third kappa shape index (κ3) is 6.25. The van der Waals surface area contributed by atoms with Gasteiger partial charge in [0.15, 0.2) is 0 Å². The zero-order valence-corrected chi connectivity index (χ0v) is 7.29. The van der Waals surface area contributed by atoms with Gasteiger partial charge in [-0.15, -0.1) is 0 Å². The summed E-state index contributed by atoms with van der Waals surface area (Å²) in [4.78, 5) is 1.98. The molecule has 0 saturated carbocycles. The van der Waals surface area contributed by atoms with Crippen molar-refractivity contribution in [2.75, 3.05) is 40.5 Å². The summed E-state index contributed by atoms with van der Waals surface area (Å²) in [5.74, 6) is 0. The molecule has 0 aromatic heterocycles. The van der Waals surface area contributed by atoms with Crippen LogP contribution in [0.2, 0.25) is 0 Å². The third-order valence-electron chi connectivity index (χ3n) is 1.41. The molecule has 0 fully saturated rings. The van der Waals surface area contributed by atoms with Crippen LogP contribution in [0.25, 0.3) is 0 Å². The number of hydrogen-bond acceptors (Lipinski definition) is 4. The van der Waals surface area contributed by atoms with Gasteiger partial charge in [0.1, 0.15) is 0 Å². The Kier molecular flexibility index (Phi) is 6.45. The first kappa shape index (κ1) is 10.8. The standard InChI is InChI=1S/C7H18N2O2/c1-9(3-4-10)5-7(8)6-11-2/h7,10H,3-6,8H2,1-2H3. The molecule has 68 valence electrons. The highest BCUT2D eigenvalue weighted by atomic mass is 16.5. The monoisotopic (exact) mass is 162 g/mol. The summed E-state index contributed by atoms with van der Waals surface area (Å²) in [6.45, 7) is 2.16. The fourth-order valence-corrected chi connectivity index (χ4v) is 0.929. The Balaban J connectivity index is 3.32. The molecule has 1 unspecified atom stereocenters. The molecule has 0 aliphatic carbocycles. The number of ether oxygens (including phenoxy) is 1. The highest BCUT2D eigenvalue weighted by Gasteiger charge is 2.04. The molecule has 0 saturated heterocycles. The van der Waals surface area contributed by atoms with Crippen molar-refractivity contribution in [3.63, 3.8) is 0 Å². The van der Waals surface area contributed by atoms with Crippen molar-refractivity contribution >= 4 is 0 Å². The number of nitrogens with two attached hydrogens (primary N) is 1. The van der Waals surface area contributed by atoms with Crippen molar-refractivity contribution in [3.05, 3.63) is 0 Å². The van der Waals surface area contributed by atoms with Gasteiger partial charge in [-0.1, -0.05) is 0 Å². The Labute approximate surface area is 67.9 Å². The van der Waals surface area contributed by atoms with Crippen LogP contribution in [-0.2, 0) is 4.74 Å². The Morgan fingerprint density at radius 1 is 1.64 bits per heavy atom. The van der Waals surface area contributed by atoms with Crippen molar-refractivity contribution < 1.29 is 9.84 Å². The predicted octanol–water partition coefficient (Wildman–Crippen LogP) is -1.12. The topological polar surface area (TPSA) is 58.7 Å². The van der Waals surface area contributed by atoms with E-state index in [1.54, 1.807) is 7.11 Å². The van der Waals surface area contributed by atoms with Crippen LogP contribution < -0.4 is 5.73 Å². The van der Waals surface area contributed by atoms with Crippen molar-refractivity contribution in [2.24, 2.45) is 5.73 Å². The summed E-state index contributed by atoms with van der Waals surface area (Å²) in [5, 5.41) is 8.57. The molecule has 0 aliphatic heterocycles. The Bertz CT molecular complexity index is 80.5. The molecule has 0 rings (SSSR count). The summed E-state index contributed by atoms with van der Waals surface area (Å²) >= 11 is 0. The molecule has 0 aromatic carbocycles. The van der Waals surface area contributed by atoms with Crippen LogP contribution in [0.1, 0.15) is 0 Å². The number of nitrogens with zero attached hydrogens (tertiary/aromatic N) is 1. The van der Waals surface area contributed by atoms with Gasteiger partial charge in [-0.2, -0.15) is 0 Å². The summed E-state index contributed by atoms with van der Waals surface area (Å²) in [6.07, 6.45) is 0. The molecule has 0 amide bonds. The second-order valence-corrected chi connectivity index (χ2v) is 2.70. The maximum absolute atomic E-state index is 8.57. The minimum Gasteiger partial charge on any atom is -0.395 e. The smallest absolute Gasteiger partial charge is 0.0626 e. The molecule has 0 spiro atoms. The lowest BCUT2D eigenvalue weighted by molar-refractivity contribution is 0.152. The van der Waals surface area contributed by atoms with Gasteiger partial charge in [0.2, 0.25) is 0 Å². The van der Waals surface area contributed by atoms with Crippen LogP contribution in [0.4, 0.5) is 0 Å². The molecule has 1 atom stereocenters. The summed E-state index contributed by atoms with van der Waals surface area (Å²) in [5.41, 5.74) is 5.67. The van der Waals surface area contributed by atoms with Crippen molar-refractivity contribution in [1.29, 1.82) is 0 Å². The number of aliphatic hydroxyl groups is 1. The van der Waals surface area contributed by atoms with Crippen LogP contribution in [0.15, 0.2) is 0 Å². The minimum atomic E-state index is 0.0385. The summed E-state index contributed by atoms with van der Waals surface area (Å²) < 4.78 is 4.87. The van der Waals surface area contributed by atoms with E-state index in [2.05, 4.69) is 0 Å². The van der Waals surface area contributed by atoms with E-state index in [0.29, 0.717) is 13.2 Å². The van der Waals surface area contributed by atoms with E-state index in [4.69, 9.17) is 15.6 Å². The number of methoxy groups -OCH3 is 1. The highest BCUT2D eigenvalue weighted by Crippen LogP contribution is 1.86. The zero-order valence-electron chi connectivity index (χ0n) is 7.29. The zero-order chi connectivity index (χ0) is 8.69. The maximum Gasteiger partial charge on any atom is 0.0626 e. The Hall–Kier alpha value is -0.160. The molecule has 4 heteroatoms. The predicted molar refractivity (Wildman–Crippen MR) is 44.4 cm³/mol. The van der Waals surface area contributed by atoms with Gasteiger partial charge in [-0.3, -0.25) is 0 Å². The van der Waals surface area contributed by atoms with Gasteiger partial charge in [-0.05, 0) is 7.05 Å². The Morgan fingerprint density at radius 2 is 2.27 bits per heavy atom. The average molecular weight is 162 g/mol. The van der Waals surface area contributed by atoms with E-state index in [1.165, 1.54) is 0 Å². The van der Waals surface area contributed by atoms with Gasteiger partial charge < -0.3 is 20.5 Å². The van der Waals surface area contributed by atoms with Crippen LogP contribution in [0.3, 0.4) is 0 Å². The SMILES string of the molecule is COCC(N)CN(C)CCO. The van der Waals surface area contributed by atoms with Gasteiger partial charge in [0.25, 0.3) is 0 Å². The van der Waals surface area contributed by atoms with E-state index >= 15 is 0 Å². The van der Waals surface area contributed by atoms with Gasteiger partial charge >= 0.3 is 0 Å². The molecule has 0 aliphatic rings. The lowest BCUT2D eigenvalue weighted by Gasteiger charge is -2.19. The summed E-state index contributed by atoms with van der Waals surface area (Å²) in [6, 6.07) is 0.0385. The average Bonchev–Trinajstić information content (AvgIpc) is 1.87. The fraction of sp³-hybridized carbons (Fsp3) is 1.00. The van der Waals surface area contributed by atoms with Crippen molar-refractivity contribution in [2.45, 2.75) is 6.04 Å². The molecule has 3 N–H and O–H groups in total. The first-order valence-electron chi connectivity index (χ1n) is 3.74. The molecule has 0 aromatic rings. The molecule has 11 heavy (non-hydrogen) atoms. The second kappa shape index (κ2) is 6.54. The summed E-state index contributed by atoms with van der Waals surface area (Å²) in [7, 11) is 3.55. The first-order chi connectivity index (χ1) is 5.20. The molecular weight excluding hydrogens is 144 g/mol. The molecule has 0 heterocycles. The van der Waals surface area contributed by atoms with E-state index < -0.39 is 0 Å². The Morgan fingerprint density at radius 3 is 2.73 bits per heavy atom. The maximum atomic E-state index is 8.57. The second-order valence-electron chi connectivity index (χ2n) is 2.70. The third-order valence-corrected chi connectivity index (χ3v) is 1.41. The number of hydrogen-bond donors (Lipinski definition) is 2. The number of aliphatic hydroxyl groups excluding tert-OH is 1. The normalized spacial score (nSPS) is 13.9. The van der Waals surface area contributed by atoms with Crippen LogP contribution in [0.5, 0.6) is 0 Å². The van der Waals surface area contributed by atoms with E-state index in [-0.39, 0.29) is 12.6 Å². The van der Waals surface area contributed by atoms with Crippen molar-refractivity contribution in [3.8, 4) is 0 Å². The van der Waals surface area contributed by atoms with Crippen molar-refractivity contribution in [1.82, 2.24) is 4.90 Å². The molecule has 4 nitrogen and oxygen atoms in total. The molecule has 0 bridgehead atoms. The minimum absolute atomic E-state index is 0.0385. The van der Waals surface area contributed by atoms with Gasteiger partial charge in [-0.25, -0.2) is 0 Å². The van der Waals surface area contributed by atoms with E-state index in [0.717, 1.165) is 6.54 Å². The molecule has 0 radical (unpaired) electrons. The highest BCUT2D eigenvalue weighted by molar-refractivity contribution is 4.64. The molecular formula is C7H18N2O2. The number of rotatable bonds is 6. The lowest BCUT2D eigenvalue weighted by Crippen LogP contribution is -2.39. The van der Waals surface area contributed by atoms with E-state index in [1.807, 2.05) is 11.9 Å². The van der Waals surface area contributed by atoms with Gasteiger partial charge in [0.05, 0.1) is 13.2 Å². The first-order valence-corrected chi connectivity index (χ1v) is 3.74. The van der Waals surface area contributed by atoms with Gasteiger partial charge in [0, 0.05) is 26.2 Å². The lowest BCUT2D eigenvalue weighted by atomic mass is 10.3. The van der Waals surface area contributed by atoms with Crippen LogP contribution >= 0.6 is 0 Å². The largest absolute Gasteiger partial charge is 0.395 e. The fourth-order valence-electron chi connectivity index (χ4n) is 0.929. The number of likely N-dealkylation sites (N-methyl/N-ethyl adjacent to an activating group) is 1. The van der Waals surface area contributed by atoms with E-state index in [9.17, 15) is 0 Å². The van der Waals surface area contributed by atoms with Crippen LogP contribution in [-0.4, -0.2) is 56.5 Å².